The van der Waals surface area contributed by atoms with Crippen LogP contribution in [0.3, 0.4) is 0 Å². The third-order valence-corrected chi connectivity index (χ3v) is 2.06. The van der Waals surface area contributed by atoms with Gasteiger partial charge in [0.2, 0.25) is 5.91 Å². The fraction of sp³-hybridized carbons (Fsp3) is 0.273. The smallest absolute Gasteiger partial charge is 0.251 e. The van der Waals surface area contributed by atoms with Crippen molar-refractivity contribution >= 4 is 17.5 Å². The first-order valence-electron chi connectivity index (χ1n) is 4.93. The van der Waals surface area contributed by atoms with Crippen LogP contribution in [0.5, 0.6) is 0 Å². The molecule has 1 aromatic rings. The van der Waals surface area contributed by atoms with Crippen LogP contribution in [0.1, 0.15) is 23.7 Å². The standard InChI is InChI=1S/C11H15N3O2/c1-7(6-10(13)15)14-11(16)8-2-4-9(12)5-3-8/h2-5,7H,6,12H2,1H3,(H2,13,15)(H,14,16). The molecule has 1 aromatic carbocycles. The average Bonchev–Trinajstić information content (AvgIpc) is 2.16. The van der Waals surface area contributed by atoms with Crippen molar-refractivity contribution in [1.82, 2.24) is 5.32 Å². The van der Waals surface area contributed by atoms with Crippen molar-refractivity contribution < 1.29 is 9.59 Å². The Morgan fingerprint density at radius 1 is 1.31 bits per heavy atom. The van der Waals surface area contributed by atoms with Crippen LogP contribution < -0.4 is 16.8 Å². The highest BCUT2D eigenvalue weighted by molar-refractivity contribution is 5.94. The molecule has 16 heavy (non-hydrogen) atoms. The van der Waals surface area contributed by atoms with Gasteiger partial charge in [-0.2, -0.15) is 0 Å². The predicted molar refractivity (Wildman–Crippen MR) is 61.6 cm³/mol. The van der Waals surface area contributed by atoms with Gasteiger partial charge in [-0.1, -0.05) is 0 Å². The number of benzene rings is 1. The van der Waals surface area contributed by atoms with E-state index in [-0.39, 0.29) is 18.4 Å². The first-order valence-corrected chi connectivity index (χ1v) is 4.93. The van der Waals surface area contributed by atoms with Gasteiger partial charge >= 0.3 is 0 Å². The number of hydrogen-bond acceptors (Lipinski definition) is 3. The summed E-state index contributed by atoms with van der Waals surface area (Å²) in [6.45, 7) is 1.72. The maximum Gasteiger partial charge on any atom is 0.251 e. The molecule has 0 bridgehead atoms. The second kappa shape index (κ2) is 5.16. The molecule has 86 valence electrons. The van der Waals surface area contributed by atoms with Crippen LogP contribution in [0.4, 0.5) is 5.69 Å². The molecule has 0 radical (unpaired) electrons. The number of anilines is 1. The Morgan fingerprint density at radius 2 is 1.88 bits per heavy atom. The van der Waals surface area contributed by atoms with Gasteiger partial charge in [0, 0.05) is 23.7 Å². The monoisotopic (exact) mass is 221 g/mol. The van der Waals surface area contributed by atoms with E-state index in [4.69, 9.17) is 11.5 Å². The molecule has 1 atom stereocenters. The molecular formula is C11H15N3O2. The zero-order valence-electron chi connectivity index (χ0n) is 9.07. The molecular weight excluding hydrogens is 206 g/mol. The normalized spacial score (nSPS) is 11.8. The number of hydrogen-bond donors (Lipinski definition) is 3. The topological polar surface area (TPSA) is 98.2 Å². The largest absolute Gasteiger partial charge is 0.399 e. The highest BCUT2D eigenvalue weighted by Crippen LogP contribution is 2.05. The molecule has 0 spiro atoms. The van der Waals surface area contributed by atoms with Gasteiger partial charge in [-0.15, -0.1) is 0 Å². The Morgan fingerprint density at radius 3 is 2.38 bits per heavy atom. The van der Waals surface area contributed by atoms with Gasteiger partial charge in [0.05, 0.1) is 0 Å². The number of primary amides is 1. The summed E-state index contributed by atoms with van der Waals surface area (Å²) in [7, 11) is 0. The van der Waals surface area contributed by atoms with Gasteiger partial charge in [-0.05, 0) is 31.2 Å². The summed E-state index contributed by atoms with van der Waals surface area (Å²) in [4.78, 5) is 22.3. The van der Waals surface area contributed by atoms with Gasteiger partial charge in [-0.25, -0.2) is 0 Å². The van der Waals surface area contributed by atoms with Crippen molar-refractivity contribution in [3.05, 3.63) is 29.8 Å². The number of nitrogens with two attached hydrogens (primary N) is 2. The molecule has 0 aromatic heterocycles. The number of rotatable bonds is 4. The third-order valence-electron chi connectivity index (χ3n) is 2.06. The van der Waals surface area contributed by atoms with E-state index in [0.717, 1.165) is 0 Å². The zero-order valence-corrected chi connectivity index (χ0v) is 9.07. The summed E-state index contributed by atoms with van der Waals surface area (Å²) in [5.74, 6) is -0.682. The summed E-state index contributed by atoms with van der Waals surface area (Å²) in [5.41, 5.74) is 11.6. The lowest BCUT2D eigenvalue weighted by molar-refractivity contribution is -0.118. The lowest BCUT2D eigenvalue weighted by Gasteiger charge is -2.11. The predicted octanol–water partition coefficient (Wildman–Crippen LogP) is 0.262. The molecule has 0 aliphatic heterocycles. The lowest BCUT2D eigenvalue weighted by Crippen LogP contribution is -2.35. The molecule has 0 aliphatic carbocycles. The number of nitrogens with one attached hydrogen (secondary N) is 1. The molecule has 5 heteroatoms. The Labute approximate surface area is 93.8 Å². The van der Waals surface area contributed by atoms with Crippen LogP contribution in [0.15, 0.2) is 24.3 Å². The zero-order chi connectivity index (χ0) is 12.1. The fourth-order valence-electron chi connectivity index (χ4n) is 1.29. The molecule has 5 N–H and O–H groups in total. The molecule has 5 nitrogen and oxygen atoms in total. The minimum Gasteiger partial charge on any atom is -0.399 e. The SMILES string of the molecule is CC(CC(N)=O)NC(=O)c1ccc(N)cc1. The minimum absolute atomic E-state index is 0.126. The van der Waals surface area contributed by atoms with E-state index in [1.165, 1.54) is 0 Å². The van der Waals surface area contributed by atoms with E-state index in [9.17, 15) is 9.59 Å². The maximum absolute atomic E-state index is 11.6. The second-order valence-electron chi connectivity index (χ2n) is 3.67. The van der Waals surface area contributed by atoms with Crippen molar-refractivity contribution in [2.45, 2.75) is 19.4 Å². The number of amides is 2. The highest BCUT2D eigenvalue weighted by Gasteiger charge is 2.11. The number of carbonyl (C=O) groups is 2. The van der Waals surface area contributed by atoms with Crippen LogP contribution in [0.2, 0.25) is 0 Å². The molecule has 0 aliphatic rings. The van der Waals surface area contributed by atoms with Crippen LogP contribution in [-0.2, 0) is 4.79 Å². The van der Waals surface area contributed by atoms with E-state index < -0.39 is 5.91 Å². The third kappa shape index (κ3) is 3.61. The maximum atomic E-state index is 11.6. The first kappa shape index (κ1) is 12.0. The molecule has 0 fully saturated rings. The van der Waals surface area contributed by atoms with Crippen LogP contribution in [-0.4, -0.2) is 17.9 Å². The van der Waals surface area contributed by atoms with Gasteiger partial charge in [0.25, 0.3) is 5.91 Å². The fourth-order valence-corrected chi connectivity index (χ4v) is 1.29. The summed E-state index contributed by atoms with van der Waals surface area (Å²) in [6.07, 6.45) is 0.126. The second-order valence-corrected chi connectivity index (χ2v) is 3.67. The molecule has 1 unspecified atom stereocenters. The Balaban J connectivity index is 2.58. The summed E-state index contributed by atoms with van der Waals surface area (Å²) >= 11 is 0. The van der Waals surface area contributed by atoms with Crippen molar-refractivity contribution in [2.75, 3.05) is 5.73 Å². The molecule has 0 heterocycles. The average molecular weight is 221 g/mol. The quantitative estimate of drug-likeness (QED) is 0.636. The Hall–Kier alpha value is -2.04. The van der Waals surface area contributed by atoms with Crippen molar-refractivity contribution in [3.8, 4) is 0 Å². The summed E-state index contributed by atoms with van der Waals surface area (Å²) in [5, 5.41) is 2.67. The van der Waals surface area contributed by atoms with Crippen molar-refractivity contribution in [2.24, 2.45) is 5.73 Å². The van der Waals surface area contributed by atoms with E-state index in [1.54, 1.807) is 31.2 Å². The lowest BCUT2D eigenvalue weighted by atomic mass is 10.1. The van der Waals surface area contributed by atoms with Gasteiger partial charge in [0.15, 0.2) is 0 Å². The van der Waals surface area contributed by atoms with Gasteiger partial charge < -0.3 is 16.8 Å². The Bertz CT molecular complexity index is 387. The van der Waals surface area contributed by atoms with E-state index >= 15 is 0 Å². The molecule has 1 rings (SSSR count). The number of carbonyl (C=O) groups excluding carboxylic acids is 2. The first-order chi connectivity index (χ1) is 7.49. The van der Waals surface area contributed by atoms with E-state index in [2.05, 4.69) is 5.32 Å². The molecule has 0 saturated carbocycles. The highest BCUT2D eigenvalue weighted by atomic mass is 16.2. The van der Waals surface area contributed by atoms with Crippen molar-refractivity contribution in [1.29, 1.82) is 0 Å². The van der Waals surface area contributed by atoms with Gasteiger partial charge in [-0.3, -0.25) is 9.59 Å². The molecule has 0 saturated heterocycles. The van der Waals surface area contributed by atoms with Crippen LogP contribution in [0.25, 0.3) is 0 Å². The summed E-state index contributed by atoms with van der Waals surface area (Å²) in [6, 6.07) is 6.27. The van der Waals surface area contributed by atoms with E-state index in [0.29, 0.717) is 11.3 Å². The Kier molecular flexibility index (Phi) is 3.88. The summed E-state index contributed by atoms with van der Waals surface area (Å²) < 4.78 is 0. The van der Waals surface area contributed by atoms with Crippen molar-refractivity contribution in [3.63, 3.8) is 0 Å². The van der Waals surface area contributed by atoms with Crippen LogP contribution >= 0.6 is 0 Å². The van der Waals surface area contributed by atoms with Gasteiger partial charge in [0.1, 0.15) is 0 Å². The van der Waals surface area contributed by atoms with Crippen LogP contribution in [0, 0.1) is 0 Å². The number of nitrogen functional groups attached to an aromatic ring is 1. The molecule has 2 amide bonds. The minimum atomic E-state index is -0.440. The van der Waals surface area contributed by atoms with E-state index in [1.807, 2.05) is 0 Å².